The van der Waals surface area contributed by atoms with Crippen LogP contribution in [-0.2, 0) is 4.79 Å². The Bertz CT molecular complexity index is 1500. The van der Waals surface area contributed by atoms with Crippen LogP contribution in [0.1, 0.15) is 42.2 Å². The van der Waals surface area contributed by atoms with Gasteiger partial charge in [0.05, 0.1) is 17.8 Å². The standard InChI is InChI=1S/C27H25BClN5O3/c1-3-30-25(35)15-23-27-33-32-16(2)34(27)24-12-9-19(18-5-4-6-20(13-18)28(36)37)14-22(24)26(31-23)17-7-10-21(29)11-8-17/h4-14,23,36-37H,3,15H2,1-2H3,(H,30,35)/t23-/m0/s1. The predicted octanol–water partition coefficient (Wildman–Crippen LogP) is 2.99. The molecule has 3 N–H and O–H groups in total. The van der Waals surface area contributed by atoms with E-state index in [0.717, 1.165) is 27.9 Å². The first-order valence-corrected chi connectivity index (χ1v) is 12.4. The molecule has 1 aliphatic heterocycles. The van der Waals surface area contributed by atoms with Gasteiger partial charge in [-0.1, -0.05) is 54.1 Å². The summed E-state index contributed by atoms with van der Waals surface area (Å²) in [5.74, 6) is 1.15. The van der Waals surface area contributed by atoms with Crippen LogP contribution in [0.5, 0.6) is 0 Å². The lowest BCUT2D eigenvalue weighted by Crippen LogP contribution is -2.29. The molecule has 2 heterocycles. The number of aliphatic imine (C=N–C) groups is 1. The van der Waals surface area contributed by atoms with Crippen molar-refractivity contribution in [1.82, 2.24) is 20.1 Å². The summed E-state index contributed by atoms with van der Waals surface area (Å²) in [6, 6.07) is 19.9. The fourth-order valence-corrected chi connectivity index (χ4v) is 4.70. The van der Waals surface area contributed by atoms with Crippen LogP contribution in [0, 0.1) is 6.92 Å². The second-order valence-corrected chi connectivity index (χ2v) is 9.27. The lowest BCUT2D eigenvalue weighted by molar-refractivity contribution is -0.121. The molecular weight excluding hydrogens is 489 g/mol. The normalized spacial score (nSPS) is 14.3. The van der Waals surface area contributed by atoms with Crippen LogP contribution in [0.25, 0.3) is 16.8 Å². The fraction of sp³-hybridized carbons (Fsp3) is 0.185. The first kappa shape index (κ1) is 24.9. The Morgan fingerprint density at radius 1 is 1.03 bits per heavy atom. The highest BCUT2D eigenvalue weighted by Gasteiger charge is 2.30. The number of hydrogen-bond donors (Lipinski definition) is 3. The molecule has 0 radical (unpaired) electrons. The van der Waals surface area contributed by atoms with Crippen LogP contribution in [-0.4, -0.2) is 50.1 Å². The van der Waals surface area contributed by atoms with Crippen molar-refractivity contribution in [3.63, 3.8) is 0 Å². The number of carbonyl (C=O) groups is 1. The number of nitrogens with one attached hydrogen (secondary N) is 1. The van der Waals surface area contributed by atoms with Crippen molar-refractivity contribution in [2.45, 2.75) is 26.3 Å². The van der Waals surface area contributed by atoms with Gasteiger partial charge in [0.2, 0.25) is 5.91 Å². The molecule has 0 saturated heterocycles. The minimum absolute atomic E-state index is 0.120. The van der Waals surface area contributed by atoms with E-state index in [1.807, 2.05) is 66.9 Å². The summed E-state index contributed by atoms with van der Waals surface area (Å²) < 4.78 is 1.95. The first-order chi connectivity index (χ1) is 17.9. The van der Waals surface area contributed by atoms with Crippen LogP contribution < -0.4 is 10.8 Å². The molecule has 1 aromatic heterocycles. The number of amides is 1. The van der Waals surface area contributed by atoms with E-state index in [2.05, 4.69) is 15.5 Å². The van der Waals surface area contributed by atoms with E-state index in [1.165, 1.54) is 0 Å². The van der Waals surface area contributed by atoms with Crippen LogP contribution in [0.15, 0.2) is 71.7 Å². The molecule has 4 aromatic rings. The molecule has 37 heavy (non-hydrogen) atoms. The zero-order valence-corrected chi connectivity index (χ0v) is 21.1. The van der Waals surface area contributed by atoms with Crippen LogP contribution in [0.4, 0.5) is 0 Å². The van der Waals surface area contributed by atoms with Crippen molar-refractivity contribution in [3.8, 4) is 16.8 Å². The highest BCUT2D eigenvalue weighted by Crippen LogP contribution is 2.35. The van der Waals surface area contributed by atoms with Gasteiger partial charge in [-0.2, -0.15) is 0 Å². The van der Waals surface area contributed by atoms with Crippen molar-refractivity contribution in [2.75, 3.05) is 6.54 Å². The second-order valence-electron chi connectivity index (χ2n) is 8.83. The highest BCUT2D eigenvalue weighted by molar-refractivity contribution is 6.58. The quantitative estimate of drug-likeness (QED) is 0.343. The Labute approximate surface area is 219 Å². The zero-order chi connectivity index (χ0) is 26.1. The molecule has 8 nitrogen and oxygen atoms in total. The van der Waals surface area contributed by atoms with Gasteiger partial charge in [-0.05, 0) is 54.7 Å². The molecule has 1 amide bonds. The van der Waals surface area contributed by atoms with Crippen molar-refractivity contribution in [1.29, 1.82) is 0 Å². The number of carbonyl (C=O) groups excluding carboxylic acids is 1. The van der Waals surface area contributed by atoms with Gasteiger partial charge in [0.15, 0.2) is 5.82 Å². The number of rotatable bonds is 6. The topological polar surface area (TPSA) is 113 Å². The third-order valence-electron chi connectivity index (χ3n) is 6.31. The minimum atomic E-state index is -1.57. The SMILES string of the molecule is CCNC(=O)C[C@@H]1N=C(c2ccc(Cl)cc2)c2cc(-c3cccc(B(O)O)c3)ccc2-n2c(C)nnc21. The molecule has 1 aliphatic rings. The van der Waals surface area contributed by atoms with E-state index in [-0.39, 0.29) is 12.3 Å². The minimum Gasteiger partial charge on any atom is -0.423 e. The third kappa shape index (κ3) is 4.93. The van der Waals surface area contributed by atoms with E-state index in [0.29, 0.717) is 34.4 Å². The summed E-state index contributed by atoms with van der Waals surface area (Å²) in [6.45, 7) is 4.27. The molecule has 186 valence electrons. The summed E-state index contributed by atoms with van der Waals surface area (Å²) >= 11 is 6.18. The maximum absolute atomic E-state index is 12.6. The summed E-state index contributed by atoms with van der Waals surface area (Å²) in [6.07, 6.45) is 0.125. The van der Waals surface area contributed by atoms with Gasteiger partial charge < -0.3 is 15.4 Å². The molecule has 0 saturated carbocycles. The van der Waals surface area contributed by atoms with Crippen molar-refractivity contribution < 1.29 is 14.8 Å². The molecule has 5 rings (SSSR count). The van der Waals surface area contributed by atoms with Gasteiger partial charge in [0, 0.05) is 22.7 Å². The number of fused-ring (bicyclic) bond motifs is 3. The van der Waals surface area contributed by atoms with Gasteiger partial charge in [-0.25, -0.2) is 0 Å². The average molecular weight is 514 g/mol. The Morgan fingerprint density at radius 2 is 1.76 bits per heavy atom. The van der Waals surface area contributed by atoms with Crippen LogP contribution in [0.3, 0.4) is 0 Å². The van der Waals surface area contributed by atoms with E-state index in [9.17, 15) is 14.8 Å². The summed E-state index contributed by atoms with van der Waals surface area (Å²) in [7, 11) is -1.57. The number of benzene rings is 3. The number of aryl methyl sites for hydroxylation is 1. The van der Waals surface area contributed by atoms with Crippen LogP contribution >= 0.6 is 11.6 Å². The van der Waals surface area contributed by atoms with Gasteiger partial charge in [-0.3, -0.25) is 14.4 Å². The lowest BCUT2D eigenvalue weighted by atomic mass is 9.79. The smallest absolute Gasteiger partial charge is 0.423 e. The summed E-state index contributed by atoms with van der Waals surface area (Å²) in [5, 5.41) is 31.5. The summed E-state index contributed by atoms with van der Waals surface area (Å²) in [5.41, 5.74) is 5.32. The number of halogens is 1. The lowest BCUT2D eigenvalue weighted by Gasteiger charge is -2.15. The second kappa shape index (κ2) is 10.3. The molecule has 10 heteroatoms. The van der Waals surface area contributed by atoms with Gasteiger partial charge in [-0.15, -0.1) is 10.2 Å². The molecule has 0 unspecified atom stereocenters. The monoisotopic (exact) mass is 513 g/mol. The molecule has 1 atom stereocenters. The fourth-order valence-electron chi connectivity index (χ4n) is 4.57. The Hall–Kier alpha value is -3.79. The van der Waals surface area contributed by atoms with Crippen molar-refractivity contribution in [3.05, 3.63) is 94.5 Å². The maximum Gasteiger partial charge on any atom is 0.488 e. The zero-order valence-electron chi connectivity index (χ0n) is 20.4. The molecular formula is C27H25BClN5O3. The number of hydrogen-bond acceptors (Lipinski definition) is 6. The van der Waals surface area contributed by atoms with Crippen LogP contribution in [0.2, 0.25) is 5.02 Å². The van der Waals surface area contributed by atoms with E-state index in [1.54, 1.807) is 18.2 Å². The van der Waals surface area contributed by atoms with Gasteiger partial charge in [0.25, 0.3) is 0 Å². The Morgan fingerprint density at radius 3 is 2.49 bits per heavy atom. The van der Waals surface area contributed by atoms with E-state index >= 15 is 0 Å². The maximum atomic E-state index is 12.6. The van der Waals surface area contributed by atoms with Crippen molar-refractivity contribution in [2.24, 2.45) is 4.99 Å². The molecule has 0 fully saturated rings. The molecule has 0 aliphatic carbocycles. The van der Waals surface area contributed by atoms with Crippen molar-refractivity contribution >= 4 is 35.8 Å². The predicted molar refractivity (Wildman–Crippen MR) is 144 cm³/mol. The Kier molecular flexibility index (Phi) is 6.93. The first-order valence-electron chi connectivity index (χ1n) is 12.0. The number of aromatic nitrogens is 3. The molecule has 0 bridgehead atoms. The average Bonchev–Trinajstić information content (AvgIpc) is 3.21. The highest BCUT2D eigenvalue weighted by atomic mass is 35.5. The van der Waals surface area contributed by atoms with E-state index in [4.69, 9.17) is 16.6 Å². The molecule has 0 spiro atoms. The van der Waals surface area contributed by atoms with Gasteiger partial charge in [0.1, 0.15) is 11.9 Å². The Balaban J connectivity index is 1.73. The van der Waals surface area contributed by atoms with E-state index < -0.39 is 13.2 Å². The molecule has 3 aromatic carbocycles. The van der Waals surface area contributed by atoms with Gasteiger partial charge >= 0.3 is 7.12 Å². The number of nitrogens with zero attached hydrogens (tertiary/aromatic N) is 4. The largest absolute Gasteiger partial charge is 0.488 e. The summed E-state index contributed by atoms with van der Waals surface area (Å²) in [4.78, 5) is 17.7. The third-order valence-corrected chi connectivity index (χ3v) is 6.57.